The Kier molecular flexibility index (Phi) is 5.07. The molecule has 2 rings (SSSR count). The highest BCUT2D eigenvalue weighted by molar-refractivity contribution is 6.30. The van der Waals surface area contributed by atoms with Gasteiger partial charge in [0.25, 0.3) is 0 Å². The van der Waals surface area contributed by atoms with E-state index >= 15 is 0 Å². The number of hydrogen-bond donors (Lipinski definition) is 2. The number of carbonyl (C=O) groups excluding carboxylic acids is 2. The summed E-state index contributed by atoms with van der Waals surface area (Å²) < 4.78 is 0. The maximum Gasteiger partial charge on any atom is 0.314 e. The number of nitrogens with two attached hydrogens (primary N) is 1. The molecule has 1 aromatic carbocycles. The van der Waals surface area contributed by atoms with Crippen LogP contribution < -0.4 is 11.1 Å². The van der Waals surface area contributed by atoms with E-state index in [1.54, 1.807) is 4.90 Å². The van der Waals surface area contributed by atoms with Crippen molar-refractivity contribution in [1.29, 1.82) is 0 Å². The summed E-state index contributed by atoms with van der Waals surface area (Å²) in [7, 11) is 0. The summed E-state index contributed by atoms with van der Waals surface area (Å²) in [4.78, 5) is 24.8. The molecule has 3 N–H and O–H groups in total. The number of urea groups is 1. The van der Waals surface area contributed by atoms with Crippen LogP contribution in [0.4, 0.5) is 4.79 Å². The molecule has 6 heteroatoms. The summed E-state index contributed by atoms with van der Waals surface area (Å²) in [5.74, 6) is -0.155. The molecule has 1 aliphatic heterocycles. The van der Waals surface area contributed by atoms with Crippen LogP contribution in [0.1, 0.15) is 18.9 Å². The van der Waals surface area contributed by atoms with Crippen LogP contribution in [0, 0.1) is 5.92 Å². The second kappa shape index (κ2) is 6.80. The van der Waals surface area contributed by atoms with Crippen LogP contribution in [0.25, 0.3) is 0 Å². The van der Waals surface area contributed by atoms with Crippen molar-refractivity contribution in [1.82, 2.24) is 10.2 Å². The van der Waals surface area contributed by atoms with Crippen molar-refractivity contribution < 1.29 is 9.59 Å². The highest BCUT2D eigenvalue weighted by Crippen LogP contribution is 2.15. The summed E-state index contributed by atoms with van der Waals surface area (Å²) in [6.45, 7) is 2.98. The molecule has 1 aromatic rings. The SMILES string of the molecule is C[C@H](Cc1cccc(Cl)c1)C(=O)N[C@H]1CCN(C(N)=O)C1. The molecule has 5 nitrogen and oxygen atoms in total. The average Bonchev–Trinajstić information content (AvgIpc) is 2.87. The normalized spacial score (nSPS) is 19.3. The fourth-order valence-corrected chi connectivity index (χ4v) is 2.74. The van der Waals surface area contributed by atoms with E-state index in [0.717, 1.165) is 12.0 Å². The summed E-state index contributed by atoms with van der Waals surface area (Å²) in [6.07, 6.45) is 1.39. The van der Waals surface area contributed by atoms with E-state index in [1.165, 1.54) is 0 Å². The molecule has 0 aliphatic carbocycles. The lowest BCUT2D eigenvalue weighted by molar-refractivity contribution is -0.125. The van der Waals surface area contributed by atoms with E-state index < -0.39 is 6.03 Å². The van der Waals surface area contributed by atoms with E-state index in [9.17, 15) is 9.59 Å². The first-order chi connectivity index (χ1) is 9.95. The van der Waals surface area contributed by atoms with Gasteiger partial charge in [0.05, 0.1) is 0 Å². The van der Waals surface area contributed by atoms with E-state index in [4.69, 9.17) is 17.3 Å². The Bertz CT molecular complexity index is 535. The number of carbonyl (C=O) groups is 2. The maximum atomic E-state index is 12.2. The standard InChI is InChI=1S/C15H20ClN3O2/c1-10(7-11-3-2-4-12(16)8-11)14(20)18-13-5-6-19(9-13)15(17)21/h2-4,8,10,13H,5-7,9H2,1H3,(H2,17,21)(H,18,20)/t10-,13+/m1/s1. The van der Waals surface area contributed by atoms with Gasteiger partial charge in [0.15, 0.2) is 0 Å². The van der Waals surface area contributed by atoms with Crippen LogP contribution in [0.5, 0.6) is 0 Å². The number of halogens is 1. The maximum absolute atomic E-state index is 12.2. The van der Waals surface area contributed by atoms with Gasteiger partial charge in [-0.3, -0.25) is 4.79 Å². The van der Waals surface area contributed by atoms with Crippen molar-refractivity contribution in [2.24, 2.45) is 11.7 Å². The summed E-state index contributed by atoms with van der Waals surface area (Å²) in [5.41, 5.74) is 6.27. The predicted molar refractivity (Wildman–Crippen MR) is 82.0 cm³/mol. The van der Waals surface area contributed by atoms with Crippen LogP contribution in [-0.4, -0.2) is 36.0 Å². The third-order valence-corrected chi connectivity index (χ3v) is 3.96. The third-order valence-electron chi connectivity index (χ3n) is 3.72. The summed E-state index contributed by atoms with van der Waals surface area (Å²) in [6, 6.07) is 7.08. The molecule has 1 heterocycles. The van der Waals surface area contributed by atoms with Crippen molar-refractivity contribution in [2.75, 3.05) is 13.1 Å². The van der Waals surface area contributed by atoms with Gasteiger partial charge in [-0.1, -0.05) is 30.7 Å². The number of benzene rings is 1. The van der Waals surface area contributed by atoms with Gasteiger partial charge in [-0.2, -0.15) is 0 Å². The first-order valence-electron chi connectivity index (χ1n) is 7.05. The van der Waals surface area contributed by atoms with Crippen LogP contribution >= 0.6 is 11.6 Å². The zero-order valence-corrected chi connectivity index (χ0v) is 12.8. The lowest BCUT2D eigenvalue weighted by atomic mass is 10.00. The topological polar surface area (TPSA) is 75.4 Å². The molecule has 0 aromatic heterocycles. The molecule has 0 radical (unpaired) electrons. The molecule has 0 unspecified atom stereocenters. The molecule has 3 amide bonds. The molecule has 1 fully saturated rings. The van der Waals surface area contributed by atoms with E-state index in [1.807, 2.05) is 31.2 Å². The minimum atomic E-state index is -0.432. The molecule has 2 atom stereocenters. The van der Waals surface area contributed by atoms with Gasteiger partial charge in [0, 0.05) is 30.1 Å². The minimum Gasteiger partial charge on any atom is -0.351 e. The molecular formula is C15H20ClN3O2. The molecular weight excluding hydrogens is 290 g/mol. The summed E-state index contributed by atoms with van der Waals surface area (Å²) >= 11 is 5.94. The summed E-state index contributed by atoms with van der Waals surface area (Å²) in [5, 5.41) is 3.65. The van der Waals surface area contributed by atoms with Crippen LogP contribution in [-0.2, 0) is 11.2 Å². The van der Waals surface area contributed by atoms with E-state index in [-0.39, 0.29) is 17.9 Å². The number of primary amides is 1. The van der Waals surface area contributed by atoms with Crippen LogP contribution in [0.15, 0.2) is 24.3 Å². The smallest absolute Gasteiger partial charge is 0.314 e. The van der Waals surface area contributed by atoms with Crippen LogP contribution in [0.3, 0.4) is 0 Å². The molecule has 1 aliphatic rings. The largest absolute Gasteiger partial charge is 0.351 e. The molecule has 21 heavy (non-hydrogen) atoms. The Morgan fingerprint density at radius 2 is 2.29 bits per heavy atom. The lowest BCUT2D eigenvalue weighted by Gasteiger charge is -2.17. The number of rotatable bonds is 4. The fourth-order valence-electron chi connectivity index (χ4n) is 2.53. The monoisotopic (exact) mass is 309 g/mol. The van der Waals surface area contributed by atoms with E-state index in [2.05, 4.69) is 5.32 Å². The zero-order valence-electron chi connectivity index (χ0n) is 12.0. The molecule has 0 saturated carbocycles. The van der Waals surface area contributed by atoms with Crippen molar-refractivity contribution in [3.63, 3.8) is 0 Å². The number of amides is 3. The highest BCUT2D eigenvalue weighted by atomic mass is 35.5. The van der Waals surface area contributed by atoms with Crippen molar-refractivity contribution in [3.05, 3.63) is 34.9 Å². The molecule has 0 bridgehead atoms. The fraction of sp³-hybridized carbons (Fsp3) is 0.467. The Morgan fingerprint density at radius 3 is 2.90 bits per heavy atom. The van der Waals surface area contributed by atoms with Crippen molar-refractivity contribution in [2.45, 2.75) is 25.8 Å². The predicted octanol–water partition coefficient (Wildman–Crippen LogP) is 1.79. The van der Waals surface area contributed by atoms with Gasteiger partial charge in [0.2, 0.25) is 5.91 Å². The number of hydrogen-bond acceptors (Lipinski definition) is 2. The van der Waals surface area contributed by atoms with Crippen molar-refractivity contribution >= 4 is 23.5 Å². The minimum absolute atomic E-state index is 0.00758. The first-order valence-corrected chi connectivity index (χ1v) is 7.42. The molecule has 0 spiro atoms. The van der Waals surface area contributed by atoms with Gasteiger partial charge in [-0.05, 0) is 30.5 Å². The number of likely N-dealkylation sites (tertiary alicyclic amines) is 1. The first kappa shape index (κ1) is 15.6. The van der Waals surface area contributed by atoms with Gasteiger partial charge in [-0.25, -0.2) is 4.79 Å². The van der Waals surface area contributed by atoms with Crippen molar-refractivity contribution in [3.8, 4) is 0 Å². The van der Waals surface area contributed by atoms with Gasteiger partial charge >= 0.3 is 6.03 Å². The Hall–Kier alpha value is -1.75. The Morgan fingerprint density at radius 1 is 1.52 bits per heavy atom. The van der Waals surface area contributed by atoms with E-state index in [0.29, 0.717) is 24.5 Å². The average molecular weight is 310 g/mol. The second-order valence-electron chi connectivity index (χ2n) is 5.51. The lowest BCUT2D eigenvalue weighted by Crippen LogP contribution is -2.42. The Balaban J connectivity index is 1.84. The zero-order chi connectivity index (χ0) is 15.4. The van der Waals surface area contributed by atoms with Gasteiger partial charge in [-0.15, -0.1) is 0 Å². The van der Waals surface area contributed by atoms with Gasteiger partial charge in [0.1, 0.15) is 0 Å². The van der Waals surface area contributed by atoms with Gasteiger partial charge < -0.3 is 16.0 Å². The highest BCUT2D eigenvalue weighted by Gasteiger charge is 2.27. The quantitative estimate of drug-likeness (QED) is 0.889. The second-order valence-corrected chi connectivity index (χ2v) is 5.95. The number of nitrogens with one attached hydrogen (secondary N) is 1. The number of nitrogens with zero attached hydrogens (tertiary/aromatic N) is 1. The molecule has 114 valence electrons. The molecule has 1 saturated heterocycles. The Labute approximate surface area is 129 Å². The van der Waals surface area contributed by atoms with Crippen LogP contribution in [0.2, 0.25) is 5.02 Å². The third kappa shape index (κ3) is 4.36.